The highest BCUT2D eigenvalue weighted by Crippen LogP contribution is 2.06. The minimum absolute atomic E-state index is 0.286. The summed E-state index contributed by atoms with van der Waals surface area (Å²) < 4.78 is 0. The number of nitrogens with zero attached hydrogens (tertiary/aromatic N) is 2. The van der Waals surface area contributed by atoms with E-state index in [2.05, 4.69) is 30.7 Å². The van der Waals surface area contributed by atoms with Gasteiger partial charge in [-0.1, -0.05) is 0 Å². The summed E-state index contributed by atoms with van der Waals surface area (Å²) in [4.78, 5) is 4.84. The molecule has 1 saturated heterocycles. The first kappa shape index (κ1) is 9.96. The quantitative estimate of drug-likeness (QED) is 0.633. The minimum Gasteiger partial charge on any atom is -0.327 e. The van der Waals surface area contributed by atoms with Gasteiger partial charge < -0.3 is 10.6 Å². The van der Waals surface area contributed by atoms with E-state index in [4.69, 9.17) is 5.73 Å². The Morgan fingerprint density at radius 2 is 1.58 bits per heavy atom. The summed E-state index contributed by atoms with van der Waals surface area (Å²) in [5.41, 5.74) is 5.85. The second-order valence-corrected chi connectivity index (χ2v) is 3.94. The van der Waals surface area contributed by atoms with E-state index in [9.17, 15) is 0 Å². The fraction of sp³-hybridized carbons (Fsp3) is 1.00. The van der Waals surface area contributed by atoms with Gasteiger partial charge in [0.25, 0.3) is 0 Å². The van der Waals surface area contributed by atoms with Crippen molar-refractivity contribution < 1.29 is 0 Å². The zero-order valence-electron chi connectivity index (χ0n) is 8.45. The molecule has 0 amide bonds. The molecule has 1 rings (SSSR count). The first-order chi connectivity index (χ1) is 5.61. The van der Waals surface area contributed by atoms with Crippen molar-refractivity contribution in [2.45, 2.75) is 25.9 Å². The molecular formula is C9H21N3. The van der Waals surface area contributed by atoms with Gasteiger partial charge in [-0.2, -0.15) is 0 Å². The van der Waals surface area contributed by atoms with Crippen LogP contribution in [0.2, 0.25) is 0 Å². The lowest BCUT2D eigenvalue weighted by Gasteiger charge is -2.37. The lowest BCUT2D eigenvalue weighted by molar-refractivity contribution is 0.109. The molecule has 3 heteroatoms. The summed E-state index contributed by atoms with van der Waals surface area (Å²) in [6.45, 7) is 8.99. The number of rotatable bonds is 2. The number of piperazine rings is 1. The molecule has 0 aliphatic carbocycles. The minimum atomic E-state index is 0.286. The standard InChI is InChI=1S/C9H21N3/c1-8(10)9(2)12-6-4-11(3)5-7-12/h8-9H,4-7,10H2,1-3H3/t8?,9-/m1/s1. The molecule has 0 aromatic heterocycles. The van der Waals surface area contributed by atoms with Crippen molar-refractivity contribution in [1.82, 2.24) is 9.80 Å². The Bertz CT molecular complexity index is 128. The van der Waals surface area contributed by atoms with Crippen LogP contribution in [0.1, 0.15) is 13.8 Å². The molecule has 1 heterocycles. The molecule has 1 unspecified atom stereocenters. The summed E-state index contributed by atoms with van der Waals surface area (Å²) >= 11 is 0. The fourth-order valence-electron chi connectivity index (χ4n) is 1.56. The van der Waals surface area contributed by atoms with Crippen molar-refractivity contribution in [3.63, 3.8) is 0 Å². The van der Waals surface area contributed by atoms with Gasteiger partial charge in [-0.25, -0.2) is 0 Å². The van der Waals surface area contributed by atoms with Crippen molar-refractivity contribution >= 4 is 0 Å². The van der Waals surface area contributed by atoms with Crippen LogP contribution in [0.3, 0.4) is 0 Å². The summed E-state index contributed by atoms with van der Waals surface area (Å²) in [6.07, 6.45) is 0. The number of likely N-dealkylation sites (N-methyl/N-ethyl adjacent to an activating group) is 1. The molecule has 72 valence electrons. The monoisotopic (exact) mass is 171 g/mol. The van der Waals surface area contributed by atoms with Gasteiger partial charge in [0.15, 0.2) is 0 Å². The molecule has 2 atom stereocenters. The van der Waals surface area contributed by atoms with E-state index in [1.807, 2.05) is 0 Å². The summed E-state index contributed by atoms with van der Waals surface area (Å²) in [7, 11) is 2.17. The smallest absolute Gasteiger partial charge is 0.0217 e. The van der Waals surface area contributed by atoms with Crippen LogP contribution < -0.4 is 5.73 Å². The van der Waals surface area contributed by atoms with E-state index in [-0.39, 0.29) is 6.04 Å². The van der Waals surface area contributed by atoms with Gasteiger partial charge in [0.05, 0.1) is 0 Å². The van der Waals surface area contributed by atoms with Gasteiger partial charge >= 0.3 is 0 Å². The number of hydrogen-bond donors (Lipinski definition) is 1. The molecule has 1 aliphatic rings. The van der Waals surface area contributed by atoms with Crippen LogP contribution in [0.15, 0.2) is 0 Å². The molecule has 2 N–H and O–H groups in total. The van der Waals surface area contributed by atoms with Gasteiger partial charge in [-0.3, -0.25) is 4.90 Å². The zero-order valence-corrected chi connectivity index (χ0v) is 8.45. The molecule has 3 nitrogen and oxygen atoms in total. The third-order valence-corrected chi connectivity index (χ3v) is 2.87. The Morgan fingerprint density at radius 3 is 2.00 bits per heavy atom. The Labute approximate surface area is 75.5 Å². The SMILES string of the molecule is CC(N)[C@@H](C)N1CCN(C)CC1. The molecule has 0 aromatic rings. The van der Waals surface area contributed by atoms with Crippen LogP contribution in [0.4, 0.5) is 0 Å². The Hall–Kier alpha value is -0.120. The molecule has 0 bridgehead atoms. The van der Waals surface area contributed by atoms with Crippen LogP contribution in [0.5, 0.6) is 0 Å². The third kappa shape index (κ3) is 2.44. The molecule has 0 spiro atoms. The van der Waals surface area contributed by atoms with E-state index in [0.29, 0.717) is 6.04 Å². The van der Waals surface area contributed by atoms with Crippen LogP contribution in [-0.2, 0) is 0 Å². The maximum absolute atomic E-state index is 5.85. The molecule has 1 aliphatic heterocycles. The second-order valence-electron chi connectivity index (χ2n) is 3.94. The predicted octanol–water partition coefficient (Wildman–Crippen LogP) is -0.0305. The normalized spacial score (nSPS) is 27.0. The lowest BCUT2D eigenvalue weighted by Crippen LogP contribution is -2.52. The van der Waals surface area contributed by atoms with Crippen LogP contribution in [-0.4, -0.2) is 55.1 Å². The lowest BCUT2D eigenvalue weighted by atomic mass is 10.1. The Kier molecular flexibility index (Phi) is 3.50. The molecule has 1 fully saturated rings. The Balaban J connectivity index is 2.34. The van der Waals surface area contributed by atoms with E-state index in [1.165, 1.54) is 26.2 Å². The van der Waals surface area contributed by atoms with Crippen LogP contribution in [0, 0.1) is 0 Å². The number of nitrogens with two attached hydrogens (primary N) is 1. The average molecular weight is 171 g/mol. The van der Waals surface area contributed by atoms with Crippen molar-refractivity contribution in [2.75, 3.05) is 33.2 Å². The number of hydrogen-bond acceptors (Lipinski definition) is 3. The maximum atomic E-state index is 5.85. The fourth-order valence-corrected chi connectivity index (χ4v) is 1.56. The van der Waals surface area contributed by atoms with Gasteiger partial charge in [0.1, 0.15) is 0 Å². The molecule has 0 radical (unpaired) electrons. The van der Waals surface area contributed by atoms with Crippen molar-refractivity contribution in [3.05, 3.63) is 0 Å². The summed E-state index contributed by atoms with van der Waals surface area (Å²) in [6, 6.07) is 0.812. The second kappa shape index (κ2) is 4.21. The van der Waals surface area contributed by atoms with Crippen molar-refractivity contribution in [3.8, 4) is 0 Å². The van der Waals surface area contributed by atoms with Gasteiger partial charge in [-0.05, 0) is 20.9 Å². The summed E-state index contributed by atoms with van der Waals surface area (Å²) in [5.74, 6) is 0. The highest BCUT2D eigenvalue weighted by atomic mass is 15.3. The van der Waals surface area contributed by atoms with E-state index < -0.39 is 0 Å². The molecule has 0 saturated carbocycles. The highest BCUT2D eigenvalue weighted by molar-refractivity contribution is 4.79. The van der Waals surface area contributed by atoms with Crippen molar-refractivity contribution in [1.29, 1.82) is 0 Å². The van der Waals surface area contributed by atoms with Gasteiger partial charge in [0, 0.05) is 38.3 Å². The highest BCUT2D eigenvalue weighted by Gasteiger charge is 2.20. The molecule has 0 aromatic carbocycles. The average Bonchev–Trinajstić information content (AvgIpc) is 2.04. The van der Waals surface area contributed by atoms with Crippen LogP contribution in [0.25, 0.3) is 0 Å². The predicted molar refractivity (Wildman–Crippen MR) is 52.2 cm³/mol. The van der Waals surface area contributed by atoms with Gasteiger partial charge in [0.2, 0.25) is 0 Å². The van der Waals surface area contributed by atoms with Gasteiger partial charge in [-0.15, -0.1) is 0 Å². The zero-order chi connectivity index (χ0) is 9.14. The topological polar surface area (TPSA) is 32.5 Å². The third-order valence-electron chi connectivity index (χ3n) is 2.87. The first-order valence-corrected chi connectivity index (χ1v) is 4.79. The van der Waals surface area contributed by atoms with E-state index >= 15 is 0 Å². The largest absolute Gasteiger partial charge is 0.327 e. The maximum Gasteiger partial charge on any atom is 0.0217 e. The molecule has 12 heavy (non-hydrogen) atoms. The van der Waals surface area contributed by atoms with E-state index in [0.717, 1.165) is 0 Å². The summed E-state index contributed by atoms with van der Waals surface area (Å²) in [5, 5.41) is 0. The van der Waals surface area contributed by atoms with Crippen LogP contribution >= 0.6 is 0 Å². The first-order valence-electron chi connectivity index (χ1n) is 4.79. The Morgan fingerprint density at radius 1 is 1.08 bits per heavy atom. The van der Waals surface area contributed by atoms with Crippen molar-refractivity contribution in [2.24, 2.45) is 5.73 Å². The molecular weight excluding hydrogens is 150 g/mol. The van der Waals surface area contributed by atoms with E-state index in [1.54, 1.807) is 0 Å².